The van der Waals surface area contributed by atoms with Crippen LogP contribution in [0, 0.1) is 5.41 Å². The number of rotatable bonds is 6. The van der Waals surface area contributed by atoms with Gasteiger partial charge in [0.25, 0.3) is 0 Å². The van der Waals surface area contributed by atoms with E-state index < -0.39 is 0 Å². The van der Waals surface area contributed by atoms with Crippen LogP contribution in [0.5, 0.6) is 0 Å². The minimum Gasteiger partial charge on any atom is -0.396 e. The molecule has 1 unspecified atom stereocenters. The molecule has 27 heavy (non-hydrogen) atoms. The van der Waals surface area contributed by atoms with E-state index in [0.717, 1.165) is 38.9 Å². The molecule has 1 aromatic carbocycles. The fourth-order valence-corrected chi connectivity index (χ4v) is 4.50. The number of carbonyl (C=O) groups is 2. The third kappa shape index (κ3) is 4.89. The first kappa shape index (κ1) is 19.9. The smallest absolute Gasteiger partial charge is 0.223 e. The van der Waals surface area contributed by atoms with Gasteiger partial charge in [-0.25, -0.2) is 0 Å². The molecule has 2 amide bonds. The molecule has 5 nitrogen and oxygen atoms in total. The summed E-state index contributed by atoms with van der Waals surface area (Å²) in [6.45, 7) is 5.26. The van der Waals surface area contributed by atoms with Crippen molar-refractivity contribution in [2.75, 3.05) is 32.8 Å². The number of likely N-dealkylation sites (tertiary alicyclic amines) is 2. The van der Waals surface area contributed by atoms with Crippen LogP contribution < -0.4 is 0 Å². The largest absolute Gasteiger partial charge is 0.396 e. The molecule has 148 valence electrons. The first-order valence-corrected chi connectivity index (χ1v) is 10.2. The molecule has 0 aliphatic carbocycles. The lowest BCUT2D eigenvalue weighted by Crippen LogP contribution is -2.52. The maximum Gasteiger partial charge on any atom is 0.223 e. The van der Waals surface area contributed by atoms with Gasteiger partial charge < -0.3 is 14.9 Å². The molecule has 0 bridgehead atoms. The summed E-state index contributed by atoms with van der Waals surface area (Å²) in [6, 6.07) is 10.2. The van der Waals surface area contributed by atoms with Crippen LogP contribution in [0.1, 0.15) is 56.9 Å². The summed E-state index contributed by atoms with van der Waals surface area (Å²) in [5.41, 5.74) is 1.37. The maximum absolute atomic E-state index is 12.7. The van der Waals surface area contributed by atoms with Crippen LogP contribution in [0.2, 0.25) is 0 Å². The molecule has 5 heteroatoms. The van der Waals surface area contributed by atoms with E-state index in [1.54, 1.807) is 0 Å². The summed E-state index contributed by atoms with van der Waals surface area (Å²) in [4.78, 5) is 28.8. The Morgan fingerprint density at radius 2 is 1.89 bits per heavy atom. The summed E-state index contributed by atoms with van der Waals surface area (Å²) >= 11 is 0. The average Bonchev–Trinajstić information content (AvgIpc) is 2.70. The van der Waals surface area contributed by atoms with Gasteiger partial charge in [0.15, 0.2) is 0 Å². The minimum absolute atomic E-state index is 0.124. The summed E-state index contributed by atoms with van der Waals surface area (Å²) in [5, 5.41) is 9.05. The third-order valence-corrected chi connectivity index (χ3v) is 6.36. The molecule has 2 fully saturated rings. The van der Waals surface area contributed by atoms with Crippen LogP contribution in [0.15, 0.2) is 30.3 Å². The van der Waals surface area contributed by atoms with E-state index in [0.29, 0.717) is 25.8 Å². The van der Waals surface area contributed by atoms with Gasteiger partial charge in [0.05, 0.1) is 0 Å². The van der Waals surface area contributed by atoms with E-state index in [1.165, 1.54) is 5.56 Å². The Labute approximate surface area is 162 Å². The van der Waals surface area contributed by atoms with E-state index in [-0.39, 0.29) is 29.8 Å². The van der Waals surface area contributed by atoms with Gasteiger partial charge in [0.2, 0.25) is 11.8 Å². The number of hydrogen-bond donors (Lipinski definition) is 1. The third-order valence-electron chi connectivity index (χ3n) is 6.36. The normalized spacial score (nSPS) is 20.7. The highest BCUT2D eigenvalue weighted by atomic mass is 16.3. The number of aliphatic hydroxyl groups excluding tert-OH is 1. The Bertz CT molecular complexity index is 638. The molecule has 1 aromatic rings. The number of carbonyl (C=O) groups excluding carboxylic acids is 2. The zero-order valence-corrected chi connectivity index (χ0v) is 16.4. The molecular weight excluding hydrogens is 340 g/mol. The molecule has 2 aliphatic heterocycles. The Balaban J connectivity index is 1.52. The SMILES string of the molecule is CC(CC(=O)N1CCC2(CCC(=O)N(CCCO)C2)CC1)c1ccccc1. The predicted molar refractivity (Wildman–Crippen MR) is 105 cm³/mol. The van der Waals surface area contributed by atoms with Gasteiger partial charge in [0.1, 0.15) is 0 Å². The Morgan fingerprint density at radius 3 is 2.56 bits per heavy atom. The van der Waals surface area contributed by atoms with E-state index in [1.807, 2.05) is 28.0 Å². The highest BCUT2D eigenvalue weighted by Crippen LogP contribution is 2.40. The molecule has 3 rings (SSSR count). The molecule has 2 heterocycles. The lowest BCUT2D eigenvalue weighted by molar-refractivity contribution is -0.142. The minimum atomic E-state index is 0.124. The van der Waals surface area contributed by atoms with Crippen molar-refractivity contribution in [3.8, 4) is 0 Å². The van der Waals surface area contributed by atoms with E-state index in [2.05, 4.69) is 19.1 Å². The van der Waals surface area contributed by atoms with Crippen molar-refractivity contribution in [3.63, 3.8) is 0 Å². The van der Waals surface area contributed by atoms with Crippen LogP contribution in [0.25, 0.3) is 0 Å². The second kappa shape index (κ2) is 8.87. The van der Waals surface area contributed by atoms with Crippen molar-refractivity contribution < 1.29 is 14.7 Å². The topological polar surface area (TPSA) is 60.9 Å². The van der Waals surface area contributed by atoms with Gasteiger partial charge >= 0.3 is 0 Å². The number of piperidine rings is 2. The first-order valence-electron chi connectivity index (χ1n) is 10.2. The molecular formula is C22H32N2O3. The van der Waals surface area contributed by atoms with Gasteiger partial charge in [0, 0.05) is 45.6 Å². The Morgan fingerprint density at radius 1 is 1.19 bits per heavy atom. The van der Waals surface area contributed by atoms with Crippen molar-refractivity contribution in [1.82, 2.24) is 9.80 Å². The quantitative estimate of drug-likeness (QED) is 0.835. The van der Waals surface area contributed by atoms with Gasteiger partial charge in [-0.1, -0.05) is 37.3 Å². The van der Waals surface area contributed by atoms with Crippen LogP contribution in [0.3, 0.4) is 0 Å². The number of aliphatic hydroxyl groups is 1. The molecule has 0 saturated carbocycles. The van der Waals surface area contributed by atoms with Gasteiger partial charge in [-0.15, -0.1) is 0 Å². The van der Waals surface area contributed by atoms with Crippen LogP contribution in [-0.2, 0) is 9.59 Å². The van der Waals surface area contributed by atoms with Crippen LogP contribution >= 0.6 is 0 Å². The summed E-state index contributed by atoms with van der Waals surface area (Å²) in [7, 11) is 0. The number of amides is 2. The summed E-state index contributed by atoms with van der Waals surface area (Å²) in [6.07, 6.45) is 4.68. The van der Waals surface area contributed by atoms with Gasteiger partial charge in [-0.3, -0.25) is 9.59 Å². The molecule has 0 radical (unpaired) electrons. The highest BCUT2D eigenvalue weighted by Gasteiger charge is 2.41. The van der Waals surface area contributed by atoms with Gasteiger partial charge in [-0.2, -0.15) is 0 Å². The molecule has 1 N–H and O–H groups in total. The molecule has 2 saturated heterocycles. The lowest BCUT2D eigenvalue weighted by atomic mass is 9.72. The second-order valence-corrected chi connectivity index (χ2v) is 8.29. The fourth-order valence-electron chi connectivity index (χ4n) is 4.50. The second-order valence-electron chi connectivity index (χ2n) is 8.29. The van der Waals surface area contributed by atoms with Crippen LogP contribution in [-0.4, -0.2) is 59.5 Å². The summed E-state index contributed by atoms with van der Waals surface area (Å²) < 4.78 is 0. The van der Waals surface area contributed by atoms with Crippen LogP contribution in [0.4, 0.5) is 0 Å². The maximum atomic E-state index is 12.7. The van der Waals surface area contributed by atoms with Crippen molar-refractivity contribution in [2.24, 2.45) is 5.41 Å². The first-order chi connectivity index (χ1) is 13.0. The molecule has 0 aromatic heterocycles. The number of nitrogens with zero attached hydrogens (tertiary/aromatic N) is 2. The monoisotopic (exact) mass is 372 g/mol. The zero-order valence-electron chi connectivity index (χ0n) is 16.4. The molecule has 1 spiro atoms. The molecule has 2 aliphatic rings. The average molecular weight is 373 g/mol. The lowest BCUT2D eigenvalue weighted by Gasteiger charge is -2.47. The van der Waals surface area contributed by atoms with E-state index in [9.17, 15) is 9.59 Å². The van der Waals surface area contributed by atoms with E-state index in [4.69, 9.17) is 5.11 Å². The Kier molecular flexibility index (Phi) is 6.53. The fraction of sp³-hybridized carbons (Fsp3) is 0.636. The van der Waals surface area contributed by atoms with Gasteiger partial charge in [-0.05, 0) is 42.6 Å². The van der Waals surface area contributed by atoms with Crippen molar-refractivity contribution >= 4 is 11.8 Å². The standard InChI is InChI=1S/C22H32N2O3/c1-18(19-6-3-2-4-7-19)16-21(27)23-13-10-22(11-14-23)9-8-20(26)24(17-22)12-5-15-25/h2-4,6-7,18,25H,5,8-17H2,1H3. The number of hydrogen-bond acceptors (Lipinski definition) is 3. The summed E-state index contributed by atoms with van der Waals surface area (Å²) in [5.74, 6) is 0.686. The Hall–Kier alpha value is -1.88. The van der Waals surface area contributed by atoms with Crippen molar-refractivity contribution in [3.05, 3.63) is 35.9 Å². The zero-order chi connectivity index (χ0) is 19.3. The predicted octanol–water partition coefficient (Wildman–Crippen LogP) is 2.79. The van der Waals surface area contributed by atoms with Crippen molar-refractivity contribution in [2.45, 2.75) is 51.4 Å². The van der Waals surface area contributed by atoms with Crippen molar-refractivity contribution in [1.29, 1.82) is 0 Å². The number of benzene rings is 1. The van der Waals surface area contributed by atoms with E-state index >= 15 is 0 Å². The molecule has 1 atom stereocenters. The highest BCUT2D eigenvalue weighted by molar-refractivity contribution is 5.78.